The second-order valence-electron chi connectivity index (χ2n) is 3.43. The number of benzene rings is 1. The van der Waals surface area contributed by atoms with Crippen molar-refractivity contribution < 1.29 is 9.90 Å². The lowest BCUT2D eigenvalue weighted by Crippen LogP contribution is -2.15. The van der Waals surface area contributed by atoms with Crippen LogP contribution in [0.1, 0.15) is 23.6 Å². The quantitative estimate of drug-likeness (QED) is 0.771. The highest BCUT2D eigenvalue weighted by Crippen LogP contribution is 2.24. The predicted molar refractivity (Wildman–Crippen MR) is 62.1 cm³/mol. The fourth-order valence-electron chi connectivity index (χ4n) is 1.37. The Morgan fingerprint density at radius 3 is 2.80 bits per heavy atom. The van der Waals surface area contributed by atoms with Crippen molar-refractivity contribution in [2.45, 2.75) is 24.3 Å². The molecule has 3 nitrogen and oxygen atoms in total. The molecule has 0 fully saturated rings. The average Bonchev–Trinajstić information content (AvgIpc) is 2.17. The highest BCUT2D eigenvalue weighted by atomic mass is 32.2. The van der Waals surface area contributed by atoms with E-state index in [1.807, 2.05) is 31.4 Å². The van der Waals surface area contributed by atoms with Crippen LogP contribution in [0.5, 0.6) is 0 Å². The van der Waals surface area contributed by atoms with Crippen LogP contribution in [0.25, 0.3) is 0 Å². The smallest absolute Gasteiger partial charge is 0.305 e. The summed E-state index contributed by atoms with van der Waals surface area (Å²) in [6.07, 6.45) is 1.96. The van der Waals surface area contributed by atoms with Crippen molar-refractivity contribution in [3.05, 3.63) is 29.3 Å². The highest BCUT2D eigenvalue weighted by Gasteiger charge is 2.11. The molecule has 0 radical (unpaired) electrons. The number of hydrogen-bond acceptors (Lipinski definition) is 3. The number of aryl methyl sites for hydroxylation is 1. The van der Waals surface area contributed by atoms with Gasteiger partial charge in [0.25, 0.3) is 0 Å². The Morgan fingerprint density at radius 2 is 2.27 bits per heavy atom. The molecule has 0 aliphatic carbocycles. The Hall–Kier alpha value is -1.00. The van der Waals surface area contributed by atoms with Crippen LogP contribution in [0.15, 0.2) is 23.1 Å². The largest absolute Gasteiger partial charge is 0.481 e. The number of carbonyl (C=O) groups is 1. The van der Waals surface area contributed by atoms with Crippen LogP contribution in [0.3, 0.4) is 0 Å². The molecule has 0 bridgehead atoms. The van der Waals surface area contributed by atoms with Gasteiger partial charge in [0.1, 0.15) is 0 Å². The van der Waals surface area contributed by atoms with Crippen LogP contribution in [-0.4, -0.2) is 17.3 Å². The van der Waals surface area contributed by atoms with Gasteiger partial charge in [-0.1, -0.05) is 12.1 Å². The molecule has 0 aromatic heterocycles. The molecule has 0 aliphatic rings. The molecule has 1 aromatic carbocycles. The highest BCUT2D eigenvalue weighted by molar-refractivity contribution is 7.98. The van der Waals surface area contributed by atoms with Gasteiger partial charge in [-0.3, -0.25) is 4.79 Å². The van der Waals surface area contributed by atoms with Gasteiger partial charge in [0.2, 0.25) is 0 Å². The van der Waals surface area contributed by atoms with E-state index >= 15 is 0 Å². The molecular formula is C11H15NO2S. The summed E-state index contributed by atoms with van der Waals surface area (Å²) in [6.45, 7) is 2.03. The van der Waals surface area contributed by atoms with E-state index in [4.69, 9.17) is 10.8 Å². The van der Waals surface area contributed by atoms with Crippen molar-refractivity contribution in [1.82, 2.24) is 0 Å². The van der Waals surface area contributed by atoms with Crippen molar-refractivity contribution in [2.75, 3.05) is 6.26 Å². The van der Waals surface area contributed by atoms with Crippen molar-refractivity contribution in [3.8, 4) is 0 Å². The van der Waals surface area contributed by atoms with Crippen LogP contribution in [0, 0.1) is 6.92 Å². The third-order valence-electron chi connectivity index (χ3n) is 2.25. The van der Waals surface area contributed by atoms with E-state index in [0.29, 0.717) is 0 Å². The molecule has 0 saturated heterocycles. The predicted octanol–water partition coefficient (Wildman–Crippen LogP) is 2.19. The second-order valence-corrected chi connectivity index (χ2v) is 4.28. The molecule has 0 aliphatic heterocycles. The summed E-state index contributed by atoms with van der Waals surface area (Å²) < 4.78 is 0. The SMILES string of the molecule is CSc1cc(C(N)CC(=O)O)ccc1C. The zero-order valence-corrected chi connectivity index (χ0v) is 9.67. The van der Waals surface area contributed by atoms with E-state index < -0.39 is 12.0 Å². The van der Waals surface area contributed by atoms with Crippen LogP contribution >= 0.6 is 11.8 Å². The monoisotopic (exact) mass is 225 g/mol. The molecule has 0 spiro atoms. The maximum Gasteiger partial charge on any atom is 0.305 e. The molecule has 1 unspecified atom stereocenters. The summed E-state index contributed by atoms with van der Waals surface area (Å²) in [7, 11) is 0. The van der Waals surface area contributed by atoms with E-state index in [2.05, 4.69) is 0 Å². The molecule has 0 heterocycles. The summed E-state index contributed by atoms with van der Waals surface area (Å²) in [4.78, 5) is 11.7. The minimum Gasteiger partial charge on any atom is -0.481 e. The van der Waals surface area contributed by atoms with E-state index in [9.17, 15) is 4.79 Å². The number of rotatable bonds is 4. The third-order valence-corrected chi connectivity index (χ3v) is 3.13. The summed E-state index contributed by atoms with van der Waals surface area (Å²) in [5.74, 6) is -0.867. The molecule has 0 saturated carbocycles. The van der Waals surface area contributed by atoms with Gasteiger partial charge in [-0.05, 0) is 30.4 Å². The van der Waals surface area contributed by atoms with Crippen molar-refractivity contribution >= 4 is 17.7 Å². The molecular weight excluding hydrogens is 210 g/mol. The standard InChI is InChI=1S/C11H15NO2S/c1-7-3-4-8(5-10(7)15-2)9(12)6-11(13)14/h3-5,9H,6,12H2,1-2H3,(H,13,14). The summed E-state index contributed by atoms with van der Waals surface area (Å²) in [5, 5.41) is 8.64. The second kappa shape index (κ2) is 5.19. The first kappa shape index (κ1) is 12.1. The molecule has 1 atom stereocenters. The van der Waals surface area contributed by atoms with Crippen molar-refractivity contribution in [2.24, 2.45) is 5.73 Å². The zero-order chi connectivity index (χ0) is 11.4. The van der Waals surface area contributed by atoms with Crippen LogP contribution in [-0.2, 0) is 4.79 Å². The maximum absolute atomic E-state index is 10.5. The van der Waals surface area contributed by atoms with Gasteiger partial charge < -0.3 is 10.8 Å². The van der Waals surface area contributed by atoms with E-state index in [-0.39, 0.29) is 6.42 Å². The van der Waals surface area contributed by atoms with Gasteiger partial charge in [0.05, 0.1) is 6.42 Å². The number of nitrogens with two attached hydrogens (primary N) is 1. The molecule has 82 valence electrons. The van der Waals surface area contributed by atoms with Gasteiger partial charge in [0.15, 0.2) is 0 Å². The van der Waals surface area contributed by atoms with Gasteiger partial charge in [-0.2, -0.15) is 0 Å². The number of thioether (sulfide) groups is 1. The zero-order valence-electron chi connectivity index (χ0n) is 8.86. The minimum absolute atomic E-state index is 0.0309. The first-order valence-corrected chi connectivity index (χ1v) is 5.89. The van der Waals surface area contributed by atoms with E-state index in [1.54, 1.807) is 11.8 Å². The van der Waals surface area contributed by atoms with E-state index in [1.165, 1.54) is 5.56 Å². The third kappa shape index (κ3) is 3.25. The van der Waals surface area contributed by atoms with Gasteiger partial charge in [-0.25, -0.2) is 0 Å². The normalized spacial score (nSPS) is 12.5. The van der Waals surface area contributed by atoms with Crippen LogP contribution in [0.2, 0.25) is 0 Å². The summed E-state index contributed by atoms with van der Waals surface area (Å²) in [5.41, 5.74) is 7.85. The number of aliphatic carboxylic acids is 1. The molecule has 3 N–H and O–H groups in total. The van der Waals surface area contributed by atoms with Gasteiger partial charge in [-0.15, -0.1) is 11.8 Å². The lowest BCUT2D eigenvalue weighted by atomic mass is 10.0. The Balaban J connectivity index is 2.90. The Kier molecular flexibility index (Phi) is 4.17. The first-order chi connectivity index (χ1) is 7.04. The summed E-state index contributed by atoms with van der Waals surface area (Å²) in [6, 6.07) is 5.41. The van der Waals surface area contributed by atoms with Crippen LogP contribution < -0.4 is 5.73 Å². The molecule has 1 aromatic rings. The minimum atomic E-state index is -0.867. The average molecular weight is 225 g/mol. The molecule has 1 rings (SSSR count). The topological polar surface area (TPSA) is 63.3 Å². The fourth-order valence-corrected chi connectivity index (χ4v) is 2.02. The summed E-state index contributed by atoms with van der Waals surface area (Å²) >= 11 is 1.64. The molecule has 15 heavy (non-hydrogen) atoms. The Morgan fingerprint density at radius 1 is 1.60 bits per heavy atom. The first-order valence-electron chi connectivity index (χ1n) is 4.66. The van der Waals surface area contributed by atoms with E-state index in [0.717, 1.165) is 10.5 Å². The van der Waals surface area contributed by atoms with Crippen molar-refractivity contribution in [1.29, 1.82) is 0 Å². The number of hydrogen-bond donors (Lipinski definition) is 2. The lowest BCUT2D eigenvalue weighted by Gasteiger charge is -2.11. The fraction of sp³-hybridized carbons (Fsp3) is 0.364. The number of carboxylic acids is 1. The Labute approximate surface area is 93.7 Å². The Bertz CT molecular complexity index is 366. The van der Waals surface area contributed by atoms with Crippen molar-refractivity contribution in [3.63, 3.8) is 0 Å². The van der Waals surface area contributed by atoms with Gasteiger partial charge in [0, 0.05) is 10.9 Å². The maximum atomic E-state index is 10.5. The van der Waals surface area contributed by atoms with Crippen LogP contribution in [0.4, 0.5) is 0 Å². The molecule has 0 amide bonds. The number of carboxylic acid groups (broad SMARTS) is 1. The van der Waals surface area contributed by atoms with Gasteiger partial charge >= 0.3 is 5.97 Å². The molecule has 4 heteroatoms. The lowest BCUT2D eigenvalue weighted by molar-refractivity contribution is -0.137.